The van der Waals surface area contributed by atoms with Gasteiger partial charge in [-0.2, -0.15) is 84.6 Å². The van der Waals surface area contributed by atoms with E-state index in [1.807, 2.05) is 54.6 Å². The summed E-state index contributed by atoms with van der Waals surface area (Å²) in [7, 11) is 21.0. The SMILES string of the molecule is CCc1cccc(CC)c1[N-]C(c1cccc(-c2[c-]cc(F)cc2)n1)c1cc2ccccc2c2ccccc12.CCc1cccc(CC)c1[N-]C(c1cccc(-c2[c-]cccc2)n1)c1c2ccccc2cc2ccccc12.CCc1cccc(CC)c1[N-]C(c1cccc(-c2[c-]cccc2)n1)c1cc2ccccc2c2ccccc12.C[N-]C.C[N-]C.C[N-]C.C[N-]C.C[N-]C.C[N-]C.[Hf].[Hf].[Hf]. The number of benzene rings is 15. The van der Waals surface area contributed by atoms with Gasteiger partial charge >= 0.3 is 0 Å². The summed E-state index contributed by atoms with van der Waals surface area (Å²) in [5.41, 5.74) is 22.3. The molecule has 18 rings (SSSR count). The number of pyridine rings is 3. The molecule has 3 aromatic heterocycles. The first kappa shape index (κ1) is 112. The van der Waals surface area contributed by atoms with E-state index in [9.17, 15) is 4.39 Å². The van der Waals surface area contributed by atoms with E-state index in [0.29, 0.717) is 0 Å². The summed E-state index contributed by atoms with van der Waals surface area (Å²) >= 11 is 0. The summed E-state index contributed by atoms with van der Waals surface area (Å²) in [5.74, 6) is -0.311. The van der Waals surface area contributed by atoms with Gasteiger partial charge in [-0.15, -0.1) is 119 Å². The minimum absolute atomic E-state index is 0. The van der Waals surface area contributed by atoms with E-state index in [-0.39, 0.29) is 101 Å². The Morgan fingerprint density at radius 2 is 0.507 bits per heavy atom. The van der Waals surface area contributed by atoms with Gasteiger partial charge in [0.25, 0.3) is 0 Å². The maximum Gasteiger partial charge on any atom is 0.0379 e. The third kappa shape index (κ3) is 29.5. The molecular weight excluding hydrogens is 2160 g/mol. The normalized spacial score (nSPS) is 11.0. The van der Waals surface area contributed by atoms with Crippen LogP contribution in [0.3, 0.4) is 0 Å². The van der Waals surface area contributed by atoms with Crippen molar-refractivity contribution in [1.29, 1.82) is 0 Å². The van der Waals surface area contributed by atoms with E-state index in [0.717, 1.165) is 117 Å². The number of fused-ring (bicyclic) bond motifs is 8. The van der Waals surface area contributed by atoms with Crippen LogP contribution in [-0.4, -0.2) is 99.5 Å². The zero-order valence-electron chi connectivity index (χ0n) is 82.1. The van der Waals surface area contributed by atoms with Crippen molar-refractivity contribution in [2.75, 3.05) is 84.6 Å². The molecule has 16 heteroatoms. The molecule has 15 aromatic carbocycles. The number of hydrogen-bond acceptors (Lipinski definition) is 3. The second-order valence-electron chi connectivity index (χ2n) is 31.7. The Labute approximate surface area is 866 Å². The number of para-hydroxylation sites is 3. The predicted octanol–water partition coefficient (Wildman–Crippen LogP) is 33.2. The molecule has 0 bridgehead atoms. The van der Waals surface area contributed by atoms with Gasteiger partial charge in [0.05, 0.1) is 0 Å². The number of hydrogen-bond donors (Lipinski definition) is 0. The second kappa shape index (κ2) is 59.9. The van der Waals surface area contributed by atoms with Gasteiger partial charge in [0, 0.05) is 100 Å². The Morgan fingerprint density at radius 3 is 0.801 bits per heavy atom. The topological polar surface area (TPSA) is 166 Å². The number of halogens is 1. The van der Waals surface area contributed by atoms with Crippen LogP contribution in [0, 0.1) is 24.0 Å². The van der Waals surface area contributed by atoms with Crippen LogP contribution in [0.4, 0.5) is 21.5 Å². The number of aromatic nitrogens is 3. The Bertz CT molecular complexity index is 6470. The molecular formula is C120H125FHf3N12-12. The fraction of sp³-hybridized carbons (Fsp3) is 0.225. The standard InChI is InChI=1S/C36H29FN2.2C36H30N2.6C2H6N.3Hf/c1-3-24-12-9-13-25(4-2)35(24)39-36(34-18-10-17-33(38-34)26-19-21-28(37)22-20-26)32-23-27-11-5-6-14-29(27)30-15-7-8-16-31(30)32;1-3-25-18-12-19-26(4-2)35(25)38-36(33-23-13-22-32(37-33)27-14-6-5-7-15-27)34-30-20-10-8-16-28(30)24-29-17-9-11-21-31(29)34;1-3-25-17-12-18-26(4-2)35(25)38-36(34-23-13-22-33(37-34)27-14-6-5-7-15-27)32-24-28-16-8-9-19-29(28)30-20-10-11-21-31(30)32;6*1-3-2;;;/h5-19,21-23,36H,3-4H2,1-2H3;2*5-14,16-24,36H,3-4H2,1-2H3;6*1-2H3;;;/q3*-2;6*-1;;;. The fourth-order valence-electron chi connectivity index (χ4n) is 16.3. The smallest absolute Gasteiger partial charge is 0.0379 e. The maximum atomic E-state index is 13.6. The van der Waals surface area contributed by atoms with Gasteiger partial charge in [0.15, 0.2) is 0 Å². The van der Waals surface area contributed by atoms with Crippen molar-refractivity contribution in [2.45, 2.75) is 98.2 Å². The van der Waals surface area contributed by atoms with Crippen molar-refractivity contribution in [2.24, 2.45) is 0 Å². The number of rotatable bonds is 21. The Balaban J connectivity index is 0.000000252. The minimum Gasteiger partial charge on any atom is -0.673 e. The van der Waals surface area contributed by atoms with Gasteiger partial charge in [-0.05, 0) is 179 Å². The van der Waals surface area contributed by atoms with Crippen LogP contribution in [0.25, 0.3) is 146 Å². The Morgan fingerprint density at radius 1 is 0.250 bits per heavy atom. The maximum absolute atomic E-state index is 13.6. The zero-order valence-corrected chi connectivity index (χ0v) is 92.8. The third-order valence-corrected chi connectivity index (χ3v) is 22.1. The van der Waals surface area contributed by atoms with E-state index in [2.05, 4.69) is 359 Å². The molecule has 12 nitrogen and oxygen atoms in total. The van der Waals surface area contributed by atoms with Crippen LogP contribution < -0.4 is 0 Å². The molecule has 0 saturated heterocycles. The summed E-state index contributed by atoms with van der Waals surface area (Å²) in [6.07, 6.45) is 5.53. The summed E-state index contributed by atoms with van der Waals surface area (Å²) in [4.78, 5) is 15.5. The van der Waals surface area contributed by atoms with Gasteiger partial charge in [-0.1, -0.05) is 324 Å². The van der Waals surface area contributed by atoms with Crippen molar-refractivity contribution in [3.05, 3.63) is 479 Å². The molecule has 3 heterocycles. The molecule has 3 unspecified atom stereocenters. The van der Waals surface area contributed by atoms with E-state index in [1.54, 1.807) is 90.6 Å². The van der Waals surface area contributed by atoms with Gasteiger partial charge in [0.2, 0.25) is 0 Å². The van der Waals surface area contributed by atoms with Crippen LogP contribution in [0.5, 0.6) is 0 Å². The summed E-state index contributed by atoms with van der Waals surface area (Å²) in [6.45, 7) is 13.2. The average molecular weight is 2290 g/mol. The molecule has 18 aromatic rings. The number of aryl methyl sites for hydroxylation is 6. The van der Waals surface area contributed by atoms with Crippen molar-refractivity contribution in [3.8, 4) is 33.8 Å². The van der Waals surface area contributed by atoms with E-state index < -0.39 is 0 Å². The summed E-state index contributed by atoms with van der Waals surface area (Å²) in [5, 5.41) is 52.2. The van der Waals surface area contributed by atoms with Crippen molar-refractivity contribution in [3.63, 3.8) is 0 Å². The van der Waals surface area contributed by atoms with Crippen LogP contribution in [0.15, 0.2) is 340 Å². The van der Waals surface area contributed by atoms with Gasteiger partial charge in [-0.3, -0.25) is 4.39 Å². The molecule has 0 aliphatic carbocycles. The molecule has 0 N–H and O–H groups in total. The van der Waals surface area contributed by atoms with Crippen molar-refractivity contribution in [1.82, 2.24) is 15.0 Å². The quantitative estimate of drug-likeness (QED) is 0.0303. The molecule has 0 amide bonds. The van der Waals surface area contributed by atoms with Crippen LogP contribution in [0.2, 0.25) is 0 Å². The molecule has 0 saturated carbocycles. The first-order valence-corrected chi connectivity index (χ1v) is 45.7. The molecule has 696 valence electrons. The fourth-order valence-corrected chi connectivity index (χ4v) is 16.3. The van der Waals surface area contributed by atoms with E-state index in [1.165, 1.54) is 116 Å². The van der Waals surface area contributed by atoms with Crippen LogP contribution in [0.1, 0.15) is 127 Å². The Kier molecular flexibility index (Phi) is 49.3. The van der Waals surface area contributed by atoms with Crippen molar-refractivity contribution < 1.29 is 81.9 Å². The molecule has 0 fully saturated rings. The first-order valence-electron chi connectivity index (χ1n) is 45.7. The summed E-state index contributed by atoms with van der Waals surface area (Å²) < 4.78 is 13.6. The minimum atomic E-state index is -0.335. The van der Waals surface area contributed by atoms with Gasteiger partial charge in [-0.25, -0.2) is 0 Å². The van der Waals surface area contributed by atoms with Crippen LogP contribution >= 0.6 is 0 Å². The Hall–Kier alpha value is -11.0. The molecule has 136 heavy (non-hydrogen) atoms. The first-order chi connectivity index (χ1) is 65.2. The molecule has 0 spiro atoms. The van der Waals surface area contributed by atoms with E-state index >= 15 is 0 Å². The third-order valence-electron chi connectivity index (χ3n) is 22.1. The molecule has 0 radical (unpaired) electrons. The largest absolute Gasteiger partial charge is 0.673 e. The monoisotopic (exact) mass is 2290 g/mol. The second-order valence-corrected chi connectivity index (χ2v) is 31.7. The average Bonchev–Trinajstić information content (AvgIpc) is 0.753. The van der Waals surface area contributed by atoms with E-state index in [4.69, 9.17) is 30.9 Å². The van der Waals surface area contributed by atoms with Gasteiger partial charge < -0.3 is 62.8 Å². The summed E-state index contributed by atoms with van der Waals surface area (Å²) in [6, 6.07) is 126. The van der Waals surface area contributed by atoms with Crippen LogP contribution in [-0.2, 0) is 116 Å². The molecule has 3 atom stereocenters. The molecule has 0 aliphatic rings. The molecule has 0 aliphatic heterocycles. The number of nitrogens with zero attached hydrogens (tertiary/aromatic N) is 12. The van der Waals surface area contributed by atoms with Gasteiger partial charge in [0.1, 0.15) is 0 Å². The zero-order chi connectivity index (χ0) is 94.8. The van der Waals surface area contributed by atoms with Crippen molar-refractivity contribution >= 4 is 81.7 Å². The predicted molar refractivity (Wildman–Crippen MR) is 571 cm³/mol.